The van der Waals surface area contributed by atoms with Gasteiger partial charge in [0.05, 0.1) is 32.0 Å². The van der Waals surface area contributed by atoms with Crippen molar-refractivity contribution in [2.75, 3.05) is 39.5 Å². The average molecular weight is 658 g/mol. The molecule has 0 aromatic heterocycles. The van der Waals surface area contributed by atoms with Crippen LogP contribution in [0.1, 0.15) is 63.7 Å². The molecule has 1 aliphatic rings. The van der Waals surface area contributed by atoms with Crippen molar-refractivity contribution in [2.24, 2.45) is 0 Å². The van der Waals surface area contributed by atoms with Crippen molar-refractivity contribution in [1.29, 1.82) is 10.5 Å². The zero-order chi connectivity index (χ0) is 32.1. The third kappa shape index (κ3) is 7.24. The van der Waals surface area contributed by atoms with Crippen molar-refractivity contribution in [2.45, 2.75) is 36.0 Å². The molecule has 0 bridgehead atoms. The van der Waals surface area contributed by atoms with Crippen molar-refractivity contribution in [3.05, 3.63) is 111 Å². The fourth-order valence-corrected chi connectivity index (χ4v) is 7.54. The van der Waals surface area contributed by atoms with Crippen LogP contribution in [0.15, 0.2) is 77.7 Å². The summed E-state index contributed by atoms with van der Waals surface area (Å²) in [5, 5.41) is 21.6. The summed E-state index contributed by atoms with van der Waals surface area (Å²) in [6.45, 7) is 3.15. The van der Waals surface area contributed by atoms with Gasteiger partial charge in [-0.05, 0) is 85.6 Å². The Morgan fingerprint density at radius 1 is 0.978 bits per heavy atom. The number of hydrogen-bond donors (Lipinski definition) is 0. The summed E-state index contributed by atoms with van der Waals surface area (Å²) < 4.78 is 12.3. The average Bonchev–Trinajstić information content (AvgIpc) is 3.06. The minimum atomic E-state index is -1.02. The van der Waals surface area contributed by atoms with Crippen molar-refractivity contribution < 1.29 is 9.00 Å². The first-order valence-corrected chi connectivity index (χ1v) is 17.2. The number of hydrogen-bond acceptors (Lipinski definition) is 5. The maximum atomic E-state index is 13.9. The number of nitrogens with zero attached hydrogens (tertiary/aromatic N) is 4. The first-order chi connectivity index (χ1) is 21.7. The molecule has 4 aromatic rings. The first-order valence-electron chi connectivity index (χ1n) is 14.9. The van der Waals surface area contributed by atoms with Gasteiger partial charge in [-0.3, -0.25) is 9.00 Å². The van der Waals surface area contributed by atoms with Gasteiger partial charge in [-0.15, -0.1) is 0 Å². The van der Waals surface area contributed by atoms with Crippen LogP contribution in [0.3, 0.4) is 0 Å². The molecular weight excluding hydrogens is 623 g/mol. The third-order valence-corrected chi connectivity index (χ3v) is 10.5. The lowest BCUT2D eigenvalue weighted by atomic mass is 9.88. The van der Waals surface area contributed by atoms with Gasteiger partial charge in [-0.1, -0.05) is 71.7 Å². The molecule has 0 N–H and O–H groups in total. The maximum Gasteiger partial charge on any atom is 0.254 e. The van der Waals surface area contributed by atoms with E-state index in [4.69, 9.17) is 23.2 Å². The maximum absolute atomic E-state index is 13.9. The zero-order valence-corrected chi connectivity index (χ0v) is 27.6. The molecule has 1 aliphatic heterocycles. The van der Waals surface area contributed by atoms with Gasteiger partial charge >= 0.3 is 0 Å². The van der Waals surface area contributed by atoms with Gasteiger partial charge in [0.25, 0.3) is 5.91 Å². The van der Waals surface area contributed by atoms with E-state index in [1.807, 2.05) is 42.5 Å². The molecule has 45 heavy (non-hydrogen) atoms. The SMILES string of the molecule is CN(C[C@@H](CCN1CCC(c2ccccc2[S@](C)=O)CC1)c1ccc(Cl)c(Cl)c1)C(=O)c1cc(C#N)c(C#N)c2ccccc12. The van der Waals surface area contributed by atoms with Gasteiger partial charge in [0.15, 0.2) is 0 Å². The quantitative estimate of drug-likeness (QED) is 0.184. The third-order valence-electron chi connectivity index (χ3n) is 8.81. The Kier molecular flexibility index (Phi) is 10.6. The standard InChI is InChI=1S/C36H34Cl2N4O2S/c1-41(36(43)31-19-27(21-39)32(22-40)30-9-4-3-8-29(30)31)23-26(25-11-12-33(37)34(38)20-25)15-18-42-16-13-24(14-17-42)28-7-5-6-10-35(28)45(2)44/h3-12,19-20,24,26H,13-18,23H2,1-2H3/t26-,45+/m1/s1. The minimum Gasteiger partial charge on any atom is -0.341 e. The molecule has 5 rings (SSSR count). The number of benzene rings is 4. The second kappa shape index (κ2) is 14.6. The lowest BCUT2D eigenvalue weighted by Crippen LogP contribution is -2.36. The van der Waals surface area contributed by atoms with E-state index in [0.717, 1.165) is 49.4 Å². The number of piperidine rings is 1. The van der Waals surface area contributed by atoms with Crippen LogP contribution in [0.2, 0.25) is 10.0 Å². The number of carbonyl (C=O) groups is 1. The Morgan fingerprint density at radius 2 is 1.67 bits per heavy atom. The molecule has 0 unspecified atom stereocenters. The fourth-order valence-electron chi connectivity index (χ4n) is 6.40. The summed E-state index contributed by atoms with van der Waals surface area (Å²) >= 11 is 12.7. The summed E-state index contributed by atoms with van der Waals surface area (Å²) in [4.78, 5) is 19.0. The summed E-state index contributed by atoms with van der Waals surface area (Å²) in [5.41, 5.74) is 3.05. The normalized spacial score (nSPS) is 15.2. The Hall–Kier alpha value is -3.72. The first kappa shape index (κ1) is 32.7. The van der Waals surface area contributed by atoms with Crippen LogP contribution in [-0.2, 0) is 10.8 Å². The fraction of sp³-hybridized carbons (Fsp3) is 0.306. The Labute approximate surface area is 277 Å². The molecule has 6 nitrogen and oxygen atoms in total. The topological polar surface area (TPSA) is 88.2 Å². The van der Waals surface area contributed by atoms with Crippen LogP contribution in [0.5, 0.6) is 0 Å². The van der Waals surface area contributed by atoms with E-state index in [0.29, 0.717) is 38.8 Å². The van der Waals surface area contributed by atoms with Crippen LogP contribution >= 0.6 is 23.2 Å². The van der Waals surface area contributed by atoms with Gasteiger partial charge in [-0.2, -0.15) is 10.5 Å². The number of halogens is 2. The van der Waals surface area contributed by atoms with Crippen molar-refractivity contribution in [3.8, 4) is 12.1 Å². The number of carbonyl (C=O) groups excluding carboxylic acids is 1. The number of likely N-dealkylation sites (tertiary alicyclic amines) is 1. The summed E-state index contributed by atoms with van der Waals surface area (Å²) in [6.07, 6.45) is 4.53. The van der Waals surface area contributed by atoms with E-state index in [-0.39, 0.29) is 23.0 Å². The molecule has 1 fully saturated rings. The van der Waals surface area contributed by atoms with Crippen LogP contribution in [0, 0.1) is 22.7 Å². The monoisotopic (exact) mass is 656 g/mol. The minimum absolute atomic E-state index is 0.0187. The van der Waals surface area contributed by atoms with Gasteiger partial charge in [0.2, 0.25) is 0 Å². The van der Waals surface area contributed by atoms with Crippen molar-refractivity contribution in [1.82, 2.24) is 9.80 Å². The Morgan fingerprint density at radius 3 is 2.33 bits per heavy atom. The molecule has 0 spiro atoms. The number of amides is 1. The molecule has 2 atom stereocenters. The van der Waals surface area contributed by atoms with E-state index >= 15 is 0 Å². The Bertz CT molecular complexity index is 1840. The van der Waals surface area contributed by atoms with E-state index in [1.54, 1.807) is 36.4 Å². The summed E-state index contributed by atoms with van der Waals surface area (Å²) in [5.74, 6) is 0.149. The number of fused-ring (bicyclic) bond motifs is 1. The van der Waals surface area contributed by atoms with E-state index in [2.05, 4.69) is 23.1 Å². The van der Waals surface area contributed by atoms with Crippen molar-refractivity contribution in [3.63, 3.8) is 0 Å². The second-order valence-corrected chi connectivity index (χ2v) is 13.7. The molecule has 4 aromatic carbocycles. The van der Waals surface area contributed by atoms with Gasteiger partial charge in [-0.25, -0.2) is 0 Å². The lowest BCUT2D eigenvalue weighted by Gasteiger charge is -2.34. The van der Waals surface area contributed by atoms with Crippen LogP contribution in [0.25, 0.3) is 10.8 Å². The highest BCUT2D eigenvalue weighted by atomic mass is 35.5. The molecule has 1 heterocycles. The molecule has 1 saturated heterocycles. The lowest BCUT2D eigenvalue weighted by molar-refractivity contribution is 0.0783. The number of likely N-dealkylation sites (N-methyl/N-ethyl adjacent to an activating group) is 1. The molecule has 1 amide bonds. The molecule has 9 heteroatoms. The number of nitriles is 2. The highest BCUT2D eigenvalue weighted by molar-refractivity contribution is 7.84. The molecule has 0 radical (unpaired) electrons. The van der Waals surface area contributed by atoms with Crippen LogP contribution in [-0.4, -0.2) is 59.4 Å². The van der Waals surface area contributed by atoms with Gasteiger partial charge in [0, 0.05) is 41.6 Å². The van der Waals surface area contributed by atoms with Gasteiger partial charge in [0.1, 0.15) is 12.1 Å². The Balaban J connectivity index is 1.34. The van der Waals surface area contributed by atoms with Crippen molar-refractivity contribution >= 4 is 50.7 Å². The summed E-state index contributed by atoms with van der Waals surface area (Å²) in [7, 11) is 0.753. The van der Waals surface area contributed by atoms with E-state index < -0.39 is 10.8 Å². The largest absolute Gasteiger partial charge is 0.341 e. The number of rotatable bonds is 9. The smallest absolute Gasteiger partial charge is 0.254 e. The zero-order valence-electron chi connectivity index (χ0n) is 25.3. The molecule has 0 saturated carbocycles. The summed E-state index contributed by atoms with van der Waals surface area (Å²) in [6, 6.07) is 26.7. The van der Waals surface area contributed by atoms with Gasteiger partial charge < -0.3 is 9.80 Å². The van der Waals surface area contributed by atoms with E-state index in [9.17, 15) is 19.5 Å². The highest BCUT2D eigenvalue weighted by Crippen LogP contribution is 2.34. The van der Waals surface area contributed by atoms with Crippen LogP contribution < -0.4 is 0 Å². The van der Waals surface area contributed by atoms with Crippen LogP contribution in [0.4, 0.5) is 0 Å². The molecule has 230 valence electrons. The second-order valence-electron chi connectivity index (χ2n) is 11.6. The predicted octanol–water partition coefficient (Wildman–Crippen LogP) is 7.75. The highest BCUT2D eigenvalue weighted by Gasteiger charge is 2.26. The predicted molar refractivity (Wildman–Crippen MR) is 181 cm³/mol. The molecular formula is C36H34Cl2N4O2S. The molecule has 0 aliphatic carbocycles. The van der Waals surface area contributed by atoms with E-state index in [1.165, 1.54) is 11.6 Å².